The number of rotatable bonds is 7. The molecule has 0 bridgehead atoms. The van der Waals surface area contributed by atoms with Gasteiger partial charge in [-0.25, -0.2) is 0 Å². The Balaban J connectivity index is 1.83. The van der Waals surface area contributed by atoms with Crippen LogP contribution in [-0.2, 0) is 11.2 Å². The van der Waals surface area contributed by atoms with E-state index in [1.807, 2.05) is 12.1 Å². The number of halogens is 1. The summed E-state index contributed by atoms with van der Waals surface area (Å²) in [5.74, 6) is 1.52. The maximum atomic E-state index is 11.7. The van der Waals surface area contributed by atoms with Crippen molar-refractivity contribution in [1.29, 1.82) is 0 Å². The molecule has 6 heteroatoms. The molecule has 0 radical (unpaired) electrons. The largest absolute Gasteiger partial charge is 0.356 e. The highest BCUT2D eigenvalue weighted by Gasteiger charge is 2.11. The molecular formula is C16H20ClN3O2. The van der Waals surface area contributed by atoms with Gasteiger partial charge in [-0.05, 0) is 24.5 Å². The van der Waals surface area contributed by atoms with Crippen molar-refractivity contribution < 1.29 is 9.32 Å². The van der Waals surface area contributed by atoms with Gasteiger partial charge in [0.05, 0.1) is 0 Å². The number of carbonyl (C=O) groups is 1. The standard InChI is InChI=1S/C16H20ClN3O2/c1-11(2)8-9-18-14(21)6-7-15-19-16(20-22-15)12-4-3-5-13(17)10-12/h3-5,10-11H,6-9H2,1-2H3,(H,18,21). The number of aromatic nitrogens is 2. The summed E-state index contributed by atoms with van der Waals surface area (Å²) in [7, 11) is 0. The van der Waals surface area contributed by atoms with Gasteiger partial charge in [-0.3, -0.25) is 4.79 Å². The molecule has 2 aromatic rings. The molecule has 5 nitrogen and oxygen atoms in total. The number of nitrogens with zero attached hydrogens (tertiary/aromatic N) is 2. The smallest absolute Gasteiger partial charge is 0.227 e. The number of carbonyl (C=O) groups excluding carboxylic acids is 1. The molecular weight excluding hydrogens is 302 g/mol. The van der Waals surface area contributed by atoms with Crippen LogP contribution in [0, 0.1) is 5.92 Å². The Kier molecular flexibility index (Phi) is 5.95. The van der Waals surface area contributed by atoms with Gasteiger partial charge in [0.25, 0.3) is 0 Å². The summed E-state index contributed by atoms with van der Waals surface area (Å²) in [6, 6.07) is 7.25. The lowest BCUT2D eigenvalue weighted by Gasteiger charge is -2.05. The summed E-state index contributed by atoms with van der Waals surface area (Å²) in [4.78, 5) is 16.0. The van der Waals surface area contributed by atoms with Gasteiger partial charge in [-0.1, -0.05) is 42.7 Å². The molecule has 0 atom stereocenters. The zero-order valence-electron chi connectivity index (χ0n) is 12.8. The maximum Gasteiger partial charge on any atom is 0.227 e. The number of hydrogen-bond donors (Lipinski definition) is 1. The van der Waals surface area contributed by atoms with E-state index in [-0.39, 0.29) is 5.91 Å². The summed E-state index contributed by atoms with van der Waals surface area (Å²) in [6.45, 7) is 4.96. The quantitative estimate of drug-likeness (QED) is 0.847. The van der Waals surface area contributed by atoms with Crippen molar-refractivity contribution in [3.63, 3.8) is 0 Å². The van der Waals surface area contributed by atoms with E-state index in [1.165, 1.54) is 0 Å². The summed E-state index contributed by atoms with van der Waals surface area (Å²) in [5.41, 5.74) is 0.795. The third-order valence-electron chi connectivity index (χ3n) is 3.16. The molecule has 2 rings (SSSR count). The fraction of sp³-hybridized carbons (Fsp3) is 0.438. The van der Waals surface area contributed by atoms with E-state index in [9.17, 15) is 4.79 Å². The van der Waals surface area contributed by atoms with Crippen LogP contribution in [-0.4, -0.2) is 22.6 Å². The first kappa shape index (κ1) is 16.5. The van der Waals surface area contributed by atoms with E-state index in [0.717, 1.165) is 12.0 Å². The first-order valence-electron chi connectivity index (χ1n) is 7.40. The van der Waals surface area contributed by atoms with Crippen molar-refractivity contribution in [3.8, 4) is 11.4 Å². The lowest BCUT2D eigenvalue weighted by molar-refractivity contribution is -0.121. The van der Waals surface area contributed by atoms with Gasteiger partial charge in [-0.2, -0.15) is 4.98 Å². The molecule has 0 saturated heterocycles. The van der Waals surface area contributed by atoms with Crippen molar-refractivity contribution >= 4 is 17.5 Å². The van der Waals surface area contributed by atoms with Crippen LogP contribution in [0.4, 0.5) is 0 Å². The normalized spacial score (nSPS) is 10.9. The average Bonchev–Trinajstić information content (AvgIpc) is 2.93. The fourth-order valence-electron chi connectivity index (χ4n) is 1.91. The molecule has 0 unspecified atom stereocenters. The Morgan fingerprint density at radius 1 is 1.41 bits per heavy atom. The van der Waals surface area contributed by atoms with Crippen LogP contribution in [0.5, 0.6) is 0 Å². The van der Waals surface area contributed by atoms with Crippen molar-refractivity contribution in [2.75, 3.05) is 6.54 Å². The predicted octanol–water partition coefficient (Wildman–Crippen LogP) is 3.48. The van der Waals surface area contributed by atoms with E-state index >= 15 is 0 Å². The summed E-state index contributed by atoms with van der Waals surface area (Å²) in [6.07, 6.45) is 1.75. The first-order valence-corrected chi connectivity index (χ1v) is 7.77. The number of hydrogen-bond acceptors (Lipinski definition) is 4. The van der Waals surface area contributed by atoms with E-state index < -0.39 is 0 Å². The highest BCUT2D eigenvalue weighted by molar-refractivity contribution is 6.30. The van der Waals surface area contributed by atoms with E-state index in [2.05, 4.69) is 29.3 Å². The van der Waals surface area contributed by atoms with Gasteiger partial charge < -0.3 is 9.84 Å². The van der Waals surface area contributed by atoms with Gasteiger partial charge in [0.1, 0.15) is 0 Å². The van der Waals surface area contributed by atoms with E-state index in [0.29, 0.717) is 42.0 Å². The first-order chi connectivity index (χ1) is 10.5. The van der Waals surface area contributed by atoms with Crippen molar-refractivity contribution in [2.45, 2.75) is 33.1 Å². The molecule has 0 aliphatic carbocycles. The van der Waals surface area contributed by atoms with Gasteiger partial charge in [0, 0.05) is 30.0 Å². The van der Waals surface area contributed by atoms with E-state index in [1.54, 1.807) is 12.1 Å². The molecule has 1 amide bonds. The molecule has 118 valence electrons. The van der Waals surface area contributed by atoms with Crippen LogP contribution < -0.4 is 5.32 Å². The molecule has 1 aromatic heterocycles. The number of amides is 1. The summed E-state index contributed by atoms with van der Waals surface area (Å²) < 4.78 is 5.17. The molecule has 1 N–H and O–H groups in total. The van der Waals surface area contributed by atoms with Crippen LogP contribution in [0.25, 0.3) is 11.4 Å². The van der Waals surface area contributed by atoms with Gasteiger partial charge >= 0.3 is 0 Å². The Morgan fingerprint density at radius 2 is 2.23 bits per heavy atom. The number of nitrogens with one attached hydrogen (secondary N) is 1. The van der Waals surface area contributed by atoms with Crippen LogP contribution >= 0.6 is 11.6 Å². The van der Waals surface area contributed by atoms with Gasteiger partial charge in [0.2, 0.25) is 17.6 Å². The van der Waals surface area contributed by atoms with Crippen LogP contribution in [0.3, 0.4) is 0 Å². The minimum atomic E-state index is 0.00292. The van der Waals surface area contributed by atoms with Gasteiger partial charge in [-0.15, -0.1) is 0 Å². The molecule has 1 aromatic carbocycles. The SMILES string of the molecule is CC(C)CCNC(=O)CCc1nc(-c2cccc(Cl)c2)no1. The summed E-state index contributed by atoms with van der Waals surface area (Å²) >= 11 is 5.94. The molecule has 0 aliphatic heterocycles. The molecule has 22 heavy (non-hydrogen) atoms. The maximum absolute atomic E-state index is 11.7. The Bertz CT molecular complexity index is 625. The van der Waals surface area contributed by atoms with Crippen molar-refractivity contribution in [3.05, 3.63) is 35.2 Å². The molecule has 0 fully saturated rings. The predicted molar refractivity (Wildman–Crippen MR) is 85.5 cm³/mol. The third kappa shape index (κ3) is 5.15. The average molecular weight is 322 g/mol. The number of benzene rings is 1. The Labute approximate surface area is 135 Å². The van der Waals surface area contributed by atoms with Crippen LogP contribution in [0.2, 0.25) is 5.02 Å². The zero-order chi connectivity index (χ0) is 15.9. The van der Waals surface area contributed by atoms with E-state index in [4.69, 9.17) is 16.1 Å². The minimum absolute atomic E-state index is 0.00292. The molecule has 0 saturated carbocycles. The Hall–Kier alpha value is -1.88. The lowest BCUT2D eigenvalue weighted by atomic mass is 10.1. The number of aryl methyl sites for hydroxylation is 1. The molecule has 0 aliphatic rings. The fourth-order valence-corrected chi connectivity index (χ4v) is 2.10. The second-order valence-corrected chi connectivity index (χ2v) is 5.99. The highest BCUT2D eigenvalue weighted by Crippen LogP contribution is 2.20. The molecule has 1 heterocycles. The zero-order valence-corrected chi connectivity index (χ0v) is 13.6. The lowest BCUT2D eigenvalue weighted by Crippen LogP contribution is -2.25. The van der Waals surface area contributed by atoms with Crippen molar-refractivity contribution in [2.24, 2.45) is 5.92 Å². The monoisotopic (exact) mass is 321 g/mol. The minimum Gasteiger partial charge on any atom is -0.356 e. The van der Waals surface area contributed by atoms with Crippen LogP contribution in [0.15, 0.2) is 28.8 Å². The van der Waals surface area contributed by atoms with Gasteiger partial charge in [0.15, 0.2) is 0 Å². The summed E-state index contributed by atoms with van der Waals surface area (Å²) in [5, 5.41) is 7.42. The third-order valence-corrected chi connectivity index (χ3v) is 3.40. The second-order valence-electron chi connectivity index (χ2n) is 5.55. The topological polar surface area (TPSA) is 68.0 Å². The van der Waals surface area contributed by atoms with Crippen molar-refractivity contribution in [1.82, 2.24) is 15.5 Å². The molecule has 0 spiro atoms. The highest BCUT2D eigenvalue weighted by atomic mass is 35.5. The Morgan fingerprint density at radius 3 is 2.95 bits per heavy atom. The second kappa shape index (κ2) is 7.94. The van der Waals surface area contributed by atoms with Crippen LogP contribution in [0.1, 0.15) is 32.6 Å².